The zero-order valence-electron chi connectivity index (χ0n) is 9.62. The summed E-state index contributed by atoms with van der Waals surface area (Å²) in [4.78, 5) is 10.0. The number of hydrazine groups is 1. The van der Waals surface area contributed by atoms with Gasteiger partial charge < -0.3 is 5.43 Å². The topological polar surface area (TPSA) is 63.8 Å². The zero-order valence-corrected chi connectivity index (χ0v) is 12.0. The molecule has 0 aliphatic carbocycles. The highest BCUT2D eigenvalue weighted by molar-refractivity contribution is 9.10. The molecule has 0 amide bonds. The van der Waals surface area contributed by atoms with Crippen LogP contribution < -0.4 is 11.3 Å². The van der Waals surface area contributed by atoms with Gasteiger partial charge in [0.15, 0.2) is 5.82 Å². The van der Waals surface area contributed by atoms with Crippen LogP contribution in [-0.4, -0.2) is 9.97 Å². The van der Waals surface area contributed by atoms with E-state index in [0.717, 1.165) is 32.9 Å². The lowest BCUT2D eigenvalue weighted by molar-refractivity contribution is 0.975. The highest BCUT2D eigenvalue weighted by Crippen LogP contribution is 2.29. The molecule has 17 heavy (non-hydrogen) atoms. The third kappa shape index (κ3) is 2.48. The van der Waals surface area contributed by atoms with Crippen molar-refractivity contribution in [3.63, 3.8) is 0 Å². The van der Waals surface area contributed by atoms with E-state index in [2.05, 4.69) is 38.2 Å². The summed E-state index contributed by atoms with van der Waals surface area (Å²) in [6.45, 7) is 4.05. The van der Waals surface area contributed by atoms with E-state index in [4.69, 9.17) is 5.84 Å². The van der Waals surface area contributed by atoms with Crippen molar-refractivity contribution >= 4 is 33.1 Å². The summed E-state index contributed by atoms with van der Waals surface area (Å²) < 4.78 is 1.04. The van der Waals surface area contributed by atoms with E-state index in [1.807, 2.05) is 18.4 Å². The fraction of sp³-hybridized carbons (Fsp3) is 0.273. The Labute approximate surface area is 112 Å². The quantitative estimate of drug-likeness (QED) is 0.675. The van der Waals surface area contributed by atoms with Gasteiger partial charge in [-0.2, -0.15) is 0 Å². The van der Waals surface area contributed by atoms with Gasteiger partial charge in [0.1, 0.15) is 5.82 Å². The molecule has 3 N–H and O–H groups in total. The molecule has 0 fully saturated rings. The number of hydrogen-bond donors (Lipinski definition) is 2. The van der Waals surface area contributed by atoms with Gasteiger partial charge in [0.25, 0.3) is 0 Å². The molecule has 2 aromatic rings. The predicted octanol–water partition coefficient (Wildman–Crippen LogP) is 3.12. The van der Waals surface area contributed by atoms with Crippen molar-refractivity contribution in [1.82, 2.24) is 9.97 Å². The van der Waals surface area contributed by atoms with Gasteiger partial charge in [-0.15, -0.1) is 11.3 Å². The molecular weight excluding hydrogens is 300 g/mol. The lowest BCUT2D eigenvalue weighted by Crippen LogP contribution is -2.13. The van der Waals surface area contributed by atoms with Crippen molar-refractivity contribution in [2.24, 2.45) is 5.84 Å². The van der Waals surface area contributed by atoms with E-state index < -0.39 is 0 Å². The SMILES string of the molecule is CCc1nc(-c2cc(Br)cs2)nc(NN)c1C. The van der Waals surface area contributed by atoms with Crippen LogP contribution >= 0.6 is 27.3 Å². The van der Waals surface area contributed by atoms with Crippen molar-refractivity contribution in [3.8, 4) is 10.7 Å². The fourth-order valence-electron chi connectivity index (χ4n) is 1.59. The van der Waals surface area contributed by atoms with Crippen LogP contribution in [0.15, 0.2) is 15.9 Å². The molecular formula is C11H13BrN4S. The highest BCUT2D eigenvalue weighted by atomic mass is 79.9. The van der Waals surface area contributed by atoms with Gasteiger partial charge in [0.05, 0.1) is 4.88 Å². The predicted molar refractivity (Wildman–Crippen MR) is 75.0 cm³/mol. The minimum absolute atomic E-state index is 0.691. The standard InChI is InChI=1S/C11H13BrN4S/c1-3-8-6(2)10(16-13)15-11(14-8)9-4-7(12)5-17-9/h4-5H,3,13H2,1-2H3,(H,14,15,16). The molecule has 2 rings (SSSR count). The van der Waals surface area contributed by atoms with Crippen LogP contribution in [0.5, 0.6) is 0 Å². The number of thiophene rings is 1. The number of aromatic nitrogens is 2. The number of hydrogen-bond acceptors (Lipinski definition) is 5. The molecule has 0 atom stereocenters. The van der Waals surface area contributed by atoms with Gasteiger partial charge in [-0.05, 0) is 35.3 Å². The smallest absolute Gasteiger partial charge is 0.171 e. The van der Waals surface area contributed by atoms with Crippen LogP contribution in [0, 0.1) is 6.92 Å². The van der Waals surface area contributed by atoms with Gasteiger partial charge in [-0.1, -0.05) is 6.92 Å². The molecule has 2 aromatic heterocycles. The number of anilines is 1. The molecule has 4 nitrogen and oxygen atoms in total. The number of halogens is 1. The van der Waals surface area contributed by atoms with Crippen LogP contribution in [0.25, 0.3) is 10.7 Å². The lowest BCUT2D eigenvalue weighted by Gasteiger charge is -2.09. The Morgan fingerprint density at radius 1 is 1.47 bits per heavy atom. The molecule has 0 bridgehead atoms. The van der Waals surface area contributed by atoms with E-state index in [9.17, 15) is 0 Å². The van der Waals surface area contributed by atoms with E-state index in [1.54, 1.807) is 11.3 Å². The van der Waals surface area contributed by atoms with Gasteiger partial charge in [-0.25, -0.2) is 15.8 Å². The van der Waals surface area contributed by atoms with E-state index >= 15 is 0 Å². The van der Waals surface area contributed by atoms with Crippen LogP contribution in [-0.2, 0) is 6.42 Å². The summed E-state index contributed by atoms with van der Waals surface area (Å²) in [7, 11) is 0. The molecule has 0 aliphatic heterocycles. The number of aryl methyl sites for hydroxylation is 1. The Kier molecular flexibility index (Phi) is 3.76. The first-order valence-electron chi connectivity index (χ1n) is 5.24. The summed E-state index contributed by atoms with van der Waals surface area (Å²) >= 11 is 5.04. The Morgan fingerprint density at radius 3 is 2.76 bits per heavy atom. The van der Waals surface area contributed by atoms with Crippen LogP contribution in [0.3, 0.4) is 0 Å². The van der Waals surface area contributed by atoms with Crippen molar-refractivity contribution < 1.29 is 0 Å². The Morgan fingerprint density at radius 2 is 2.24 bits per heavy atom. The number of rotatable bonds is 3. The Hall–Kier alpha value is -0.980. The average Bonchev–Trinajstić information content (AvgIpc) is 2.76. The van der Waals surface area contributed by atoms with Gasteiger partial charge >= 0.3 is 0 Å². The highest BCUT2D eigenvalue weighted by Gasteiger charge is 2.11. The third-order valence-electron chi connectivity index (χ3n) is 2.51. The Balaban J connectivity index is 2.55. The number of nitrogens with zero attached hydrogens (tertiary/aromatic N) is 2. The maximum absolute atomic E-state index is 5.48. The molecule has 0 radical (unpaired) electrons. The van der Waals surface area contributed by atoms with Crippen molar-refractivity contribution in [1.29, 1.82) is 0 Å². The minimum Gasteiger partial charge on any atom is -0.308 e. The van der Waals surface area contributed by atoms with Gasteiger partial charge in [0.2, 0.25) is 0 Å². The van der Waals surface area contributed by atoms with E-state index in [0.29, 0.717) is 5.82 Å². The molecule has 90 valence electrons. The van der Waals surface area contributed by atoms with Crippen molar-refractivity contribution in [2.75, 3.05) is 5.43 Å². The second kappa shape index (κ2) is 5.12. The van der Waals surface area contributed by atoms with Crippen molar-refractivity contribution in [3.05, 3.63) is 27.2 Å². The van der Waals surface area contributed by atoms with Crippen molar-refractivity contribution in [2.45, 2.75) is 20.3 Å². The summed E-state index contributed by atoms with van der Waals surface area (Å²) in [5, 5.41) is 2.01. The number of nitrogens with two attached hydrogens (primary N) is 1. The van der Waals surface area contributed by atoms with Gasteiger partial charge in [-0.3, -0.25) is 0 Å². The maximum atomic E-state index is 5.48. The summed E-state index contributed by atoms with van der Waals surface area (Å²) in [5.41, 5.74) is 4.66. The monoisotopic (exact) mass is 312 g/mol. The molecule has 0 aliphatic rings. The molecule has 0 aromatic carbocycles. The lowest BCUT2D eigenvalue weighted by atomic mass is 10.2. The van der Waals surface area contributed by atoms with E-state index in [1.165, 1.54) is 0 Å². The Bertz CT molecular complexity index is 513. The van der Waals surface area contributed by atoms with Crippen LogP contribution in [0.1, 0.15) is 18.2 Å². The summed E-state index contributed by atoms with van der Waals surface area (Å²) in [5.74, 6) is 6.89. The van der Waals surface area contributed by atoms with Gasteiger partial charge in [0, 0.05) is 21.1 Å². The maximum Gasteiger partial charge on any atom is 0.171 e. The first-order chi connectivity index (χ1) is 8.15. The molecule has 6 heteroatoms. The normalized spacial score (nSPS) is 10.6. The minimum atomic E-state index is 0.691. The first kappa shape index (κ1) is 12.5. The second-order valence-electron chi connectivity index (χ2n) is 3.59. The largest absolute Gasteiger partial charge is 0.308 e. The molecule has 0 saturated carbocycles. The molecule has 0 unspecified atom stereocenters. The third-order valence-corrected chi connectivity index (χ3v) is 4.19. The average molecular weight is 313 g/mol. The molecule has 0 spiro atoms. The molecule has 2 heterocycles. The number of nitrogen functional groups attached to an aromatic ring is 1. The molecule has 0 saturated heterocycles. The summed E-state index contributed by atoms with van der Waals surface area (Å²) in [6, 6.07) is 2.01. The first-order valence-corrected chi connectivity index (χ1v) is 6.91. The second-order valence-corrected chi connectivity index (χ2v) is 5.42. The van der Waals surface area contributed by atoms with Crippen LogP contribution in [0.2, 0.25) is 0 Å². The number of nitrogens with one attached hydrogen (secondary N) is 1. The van der Waals surface area contributed by atoms with E-state index in [-0.39, 0.29) is 0 Å². The summed E-state index contributed by atoms with van der Waals surface area (Å²) in [6.07, 6.45) is 0.864. The fourth-order valence-corrected chi connectivity index (χ4v) is 2.95. The van der Waals surface area contributed by atoms with Crippen LogP contribution in [0.4, 0.5) is 5.82 Å². The zero-order chi connectivity index (χ0) is 12.4.